The molecule has 3 aromatic rings. The molecular formula is C22H26IN3O. The van der Waals surface area contributed by atoms with E-state index in [4.69, 9.17) is 9.41 Å². The van der Waals surface area contributed by atoms with Gasteiger partial charge in [0.15, 0.2) is 5.96 Å². The Hall–Kier alpha value is -2.28. The average Bonchev–Trinajstić information content (AvgIpc) is 3.21. The van der Waals surface area contributed by atoms with Gasteiger partial charge in [0.2, 0.25) is 0 Å². The van der Waals surface area contributed by atoms with E-state index in [9.17, 15) is 0 Å². The van der Waals surface area contributed by atoms with Gasteiger partial charge in [-0.3, -0.25) is 0 Å². The molecule has 0 bridgehead atoms. The number of nitrogens with zero attached hydrogens (tertiary/aromatic N) is 1. The van der Waals surface area contributed by atoms with Crippen LogP contribution in [0, 0.1) is 0 Å². The zero-order valence-corrected chi connectivity index (χ0v) is 17.6. The van der Waals surface area contributed by atoms with E-state index in [1.165, 1.54) is 11.1 Å². The van der Waals surface area contributed by atoms with Crippen molar-refractivity contribution in [2.45, 2.75) is 19.4 Å². The Bertz CT molecular complexity index is 774. The molecule has 2 N–H and O–H groups in total. The summed E-state index contributed by atoms with van der Waals surface area (Å²) in [5, 5.41) is 6.82. The minimum absolute atomic E-state index is 0. The highest BCUT2D eigenvalue weighted by Crippen LogP contribution is 2.02. The van der Waals surface area contributed by atoms with Crippen LogP contribution in [0.5, 0.6) is 0 Å². The van der Waals surface area contributed by atoms with Gasteiger partial charge >= 0.3 is 0 Å². The van der Waals surface area contributed by atoms with Crippen molar-refractivity contribution in [1.82, 2.24) is 10.6 Å². The van der Waals surface area contributed by atoms with E-state index in [0.29, 0.717) is 6.54 Å². The van der Waals surface area contributed by atoms with Crippen molar-refractivity contribution >= 4 is 29.9 Å². The number of hydrogen-bond acceptors (Lipinski definition) is 2. The van der Waals surface area contributed by atoms with Crippen molar-refractivity contribution in [2.75, 3.05) is 13.1 Å². The van der Waals surface area contributed by atoms with Crippen LogP contribution < -0.4 is 10.6 Å². The Morgan fingerprint density at radius 3 is 2.00 bits per heavy atom. The van der Waals surface area contributed by atoms with Crippen molar-refractivity contribution in [1.29, 1.82) is 0 Å². The van der Waals surface area contributed by atoms with Gasteiger partial charge in [0.1, 0.15) is 5.76 Å². The van der Waals surface area contributed by atoms with Gasteiger partial charge in [-0.05, 0) is 29.7 Å². The third-order valence-electron chi connectivity index (χ3n) is 4.06. The van der Waals surface area contributed by atoms with E-state index in [0.717, 1.165) is 37.7 Å². The number of rotatable bonds is 8. The van der Waals surface area contributed by atoms with Crippen LogP contribution in [-0.2, 0) is 19.4 Å². The van der Waals surface area contributed by atoms with E-state index < -0.39 is 0 Å². The molecule has 0 aliphatic heterocycles. The van der Waals surface area contributed by atoms with Crippen molar-refractivity contribution in [2.24, 2.45) is 4.99 Å². The summed E-state index contributed by atoms with van der Waals surface area (Å²) in [6, 6.07) is 24.7. The largest absolute Gasteiger partial charge is 0.469 e. The molecule has 0 saturated carbocycles. The van der Waals surface area contributed by atoms with E-state index in [1.807, 2.05) is 36.4 Å². The van der Waals surface area contributed by atoms with Crippen LogP contribution in [0.15, 0.2) is 88.5 Å². The summed E-state index contributed by atoms with van der Waals surface area (Å²) in [5.41, 5.74) is 2.51. The summed E-state index contributed by atoms with van der Waals surface area (Å²) in [6.07, 6.45) is 3.50. The van der Waals surface area contributed by atoms with Gasteiger partial charge in [0, 0.05) is 19.5 Å². The van der Waals surface area contributed by atoms with E-state index in [1.54, 1.807) is 6.26 Å². The molecule has 4 nitrogen and oxygen atoms in total. The molecule has 142 valence electrons. The Morgan fingerprint density at radius 1 is 0.741 bits per heavy atom. The number of hydrogen-bond donors (Lipinski definition) is 2. The maximum absolute atomic E-state index is 5.38. The van der Waals surface area contributed by atoms with Gasteiger partial charge in [-0.1, -0.05) is 60.7 Å². The minimum Gasteiger partial charge on any atom is -0.469 e. The zero-order valence-electron chi connectivity index (χ0n) is 15.3. The first-order valence-corrected chi connectivity index (χ1v) is 9.02. The Kier molecular flexibility index (Phi) is 9.48. The van der Waals surface area contributed by atoms with Crippen LogP contribution in [-0.4, -0.2) is 19.0 Å². The smallest absolute Gasteiger partial charge is 0.191 e. The summed E-state index contributed by atoms with van der Waals surface area (Å²) in [4.78, 5) is 4.71. The molecule has 0 radical (unpaired) electrons. The lowest BCUT2D eigenvalue weighted by atomic mass is 10.1. The molecule has 5 heteroatoms. The molecule has 0 aliphatic carbocycles. The highest BCUT2D eigenvalue weighted by atomic mass is 127. The van der Waals surface area contributed by atoms with E-state index in [2.05, 4.69) is 47.0 Å². The van der Waals surface area contributed by atoms with Crippen molar-refractivity contribution in [3.8, 4) is 0 Å². The lowest BCUT2D eigenvalue weighted by Crippen LogP contribution is -2.39. The summed E-state index contributed by atoms with van der Waals surface area (Å²) in [6.45, 7) is 2.27. The minimum atomic E-state index is 0. The predicted molar refractivity (Wildman–Crippen MR) is 122 cm³/mol. The molecule has 3 rings (SSSR count). The molecule has 27 heavy (non-hydrogen) atoms. The summed E-state index contributed by atoms with van der Waals surface area (Å²) in [7, 11) is 0. The molecule has 0 amide bonds. The Balaban J connectivity index is 0.00000261. The number of furan rings is 1. The fraction of sp³-hybridized carbons (Fsp3) is 0.227. The predicted octanol–water partition coefficient (Wildman–Crippen LogP) is 4.42. The van der Waals surface area contributed by atoms with Crippen LogP contribution >= 0.6 is 24.0 Å². The topological polar surface area (TPSA) is 49.6 Å². The van der Waals surface area contributed by atoms with Gasteiger partial charge in [0.05, 0.1) is 12.8 Å². The molecular weight excluding hydrogens is 449 g/mol. The van der Waals surface area contributed by atoms with Crippen LogP contribution in [0.25, 0.3) is 0 Å². The van der Waals surface area contributed by atoms with Crippen LogP contribution in [0.4, 0.5) is 0 Å². The molecule has 0 aliphatic rings. The molecule has 1 heterocycles. The zero-order chi connectivity index (χ0) is 17.9. The monoisotopic (exact) mass is 475 g/mol. The van der Waals surface area contributed by atoms with E-state index in [-0.39, 0.29) is 24.0 Å². The maximum Gasteiger partial charge on any atom is 0.191 e. The number of guanidine groups is 1. The second-order valence-corrected chi connectivity index (χ2v) is 6.07. The maximum atomic E-state index is 5.38. The second kappa shape index (κ2) is 12.2. The number of aliphatic imine (C=N–C) groups is 1. The lowest BCUT2D eigenvalue weighted by molar-refractivity contribution is 0.506. The Morgan fingerprint density at radius 2 is 1.37 bits per heavy atom. The molecule has 2 aromatic carbocycles. The first-order chi connectivity index (χ1) is 12.9. The molecule has 0 atom stereocenters. The normalized spacial score (nSPS) is 10.9. The number of halogens is 1. The van der Waals surface area contributed by atoms with Crippen LogP contribution in [0.3, 0.4) is 0 Å². The van der Waals surface area contributed by atoms with E-state index >= 15 is 0 Å². The molecule has 0 spiro atoms. The molecule has 0 fully saturated rings. The SMILES string of the molecule is I.c1ccc(CCNC(=NCc2ccccc2)NCCc2ccco2)cc1. The quantitative estimate of drug-likeness (QED) is 0.288. The Labute approximate surface area is 178 Å². The highest BCUT2D eigenvalue weighted by molar-refractivity contribution is 14.0. The molecule has 0 unspecified atom stereocenters. The van der Waals surface area contributed by atoms with Crippen LogP contribution in [0.2, 0.25) is 0 Å². The van der Waals surface area contributed by atoms with Gasteiger partial charge in [-0.15, -0.1) is 24.0 Å². The summed E-state index contributed by atoms with van der Waals surface area (Å²) < 4.78 is 5.38. The van der Waals surface area contributed by atoms with Gasteiger partial charge in [-0.25, -0.2) is 4.99 Å². The first kappa shape index (κ1) is 21.0. The van der Waals surface area contributed by atoms with Crippen molar-refractivity contribution in [3.63, 3.8) is 0 Å². The van der Waals surface area contributed by atoms with Crippen molar-refractivity contribution < 1.29 is 4.42 Å². The van der Waals surface area contributed by atoms with Crippen LogP contribution in [0.1, 0.15) is 16.9 Å². The average molecular weight is 475 g/mol. The number of nitrogens with one attached hydrogen (secondary N) is 2. The molecule has 1 aromatic heterocycles. The summed E-state index contributed by atoms with van der Waals surface area (Å²) in [5.74, 6) is 1.81. The van der Waals surface area contributed by atoms with Gasteiger partial charge in [0.25, 0.3) is 0 Å². The molecule has 0 saturated heterocycles. The second-order valence-electron chi connectivity index (χ2n) is 6.07. The van der Waals surface area contributed by atoms with Gasteiger partial charge in [-0.2, -0.15) is 0 Å². The third kappa shape index (κ3) is 7.86. The number of benzene rings is 2. The lowest BCUT2D eigenvalue weighted by Gasteiger charge is -2.12. The first-order valence-electron chi connectivity index (χ1n) is 9.02. The fourth-order valence-electron chi connectivity index (χ4n) is 2.66. The third-order valence-corrected chi connectivity index (χ3v) is 4.06. The standard InChI is InChI=1S/C22H25N3O.HI/c1-3-8-19(9-4-1)13-15-23-22(24-16-14-21-12-7-17-26-21)25-18-20-10-5-2-6-11-20;/h1-12,17H,13-16,18H2,(H2,23,24,25);1H. The summed E-state index contributed by atoms with van der Waals surface area (Å²) >= 11 is 0. The highest BCUT2D eigenvalue weighted by Gasteiger charge is 2.01. The van der Waals surface area contributed by atoms with Gasteiger partial charge < -0.3 is 15.1 Å². The fourth-order valence-corrected chi connectivity index (χ4v) is 2.66. The van der Waals surface area contributed by atoms with Crippen molar-refractivity contribution in [3.05, 3.63) is 95.9 Å².